The van der Waals surface area contributed by atoms with Gasteiger partial charge in [-0.2, -0.15) is 0 Å². The number of ether oxygens (including phenoxy) is 1. The van der Waals surface area contributed by atoms with E-state index in [-0.39, 0.29) is 60.6 Å². The van der Waals surface area contributed by atoms with Crippen molar-refractivity contribution in [3.05, 3.63) is 11.6 Å². The van der Waals surface area contributed by atoms with Crippen molar-refractivity contribution < 1.29 is 48.8 Å². The van der Waals surface area contributed by atoms with Gasteiger partial charge in [-0.3, -0.25) is 24.0 Å². The van der Waals surface area contributed by atoms with Gasteiger partial charge in [-0.15, -0.1) is 0 Å². The van der Waals surface area contributed by atoms with Gasteiger partial charge in [0.15, 0.2) is 12.4 Å². The Balaban J connectivity index is 1.15. The van der Waals surface area contributed by atoms with Gasteiger partial charge in [0.25, 0.3) is 0 Å². The molecule has 12 heteroatoms. The molecular weight excluding hydrogens is 608 g/mol. The Morgan fingerprint density at radius 3 is 2.47 bits per heavy atom. The standard InChI is InChI=1S/C35H50N2O10/c1-19(2)30(31(43)37-15-5-6-24(37)32(44)45)36-27(41)9-10-28(42)47-18-26(40)35(46)14-12-23-22-8-7-20-16-21(38)11-13-33(20,3)29(22)25(39)17-34(23,35)4/h16,19,22-25,29-30,39,46H,5-15,17-18H2,1-4H3,(H,36,41)(H,44,45)/t22?,23?,24?,25?,29?,30?,33-,34-,35-/m0/s1. The Morgan fingerprint density at radius 2 is 1.79 bits per heavy atom. The number of carbonyl (C=O) groups is 6. The average molecular weight is 659 g/mol. The molecule has 4 fully saturated rings. The molecule has 1 saturated heterocycles. The van der Waals surface area contributed by atoms with Crippen LogP contribution in [0.3, 0.4) is 0 Å². The van der Waals surface area contributed by atoms with Crippen LogP contribution in [0.1, 0.15) is 98.3 Å². The summed E-state index contributed by atoms with van der Waals surface area (Å²) in [6.07, 6.45) is 4.97. The minimum absolute atomic E-state index is 0.0109. The number of aliphatic carboxylic acids is 1. The monoisotopic (exact) mass is 658 g/mol. The Labute approximate surface area is 275 Å². The number of nitrogens with zero attached hydrogens (tertiary/aromatic N) is 1. The van der Waals surface area contributed by atoms with Crippen LogP contribution in [0.25, 0.3) is 0 Å². The van der Waals surface area contributed by atoms with Gasteiger partial charge in [0, 0.05) is 24.8 Å². The molecular formula is C35H50N2O10. The minimum atomic E-state index is -1.78. The number of likely N-dealkylation sites (tertiary alicyclic amines) is 1. The first kappa shape index (κ1) is 35.2. The lowest BCUT2D eigenvalue weighted by Crippen LogP contribution is -2.62. The summed E-state index contributed by atoms with van der Waals surface area (Å²) in [6, 6.07) is -1.88. The van der Waals surface area contributed by atoms with Gasteiger partial charge in [0.2, 0.25) is 17.6 Å². The van der Waals surface area contributed by atoms with Crippen LogP contribution in [0.4, 0.5) is 0 Å². The molecule has 260 valence electrons. The Morgan fingerprint density at radius 1 is 1.06 bits per heavy atom. The fourth-order valence-corrected chi connectivity index (χ4v) is 9.93. The maximum absolute atomic E-state index is 13.5. The average Bonchev–Trinajstić information content (AvgIpc) is 3.61. The van der Waals surface area contributed by atoms with Crippen molar-refractivity contribution in [2.45, 2.75) is 122 Å². The lowest BCUT2D eigenvalue weighted by atomic mass is 9.45. The van der Waals surface area contributed by atoms with Crippen molar-refractivity contribution in [2.24, 2.45) is 34.5 Å². The third-order valence-corrected chi connectivity index (χ3v) is 12.5. The zero-order valence-corrected chi connectivity index (χ0v) is 28.0. The molecule has 12 nitrogen and oxygen atoms in total. The number of carbonyl (C=O) groups excluding carboxylic acids is 5. The molecule has 0 bridgehead atoms. The van der Waals surface area contributed by atoms with Gasteiger partial charge < -0.3 is 30.3 Å². The first-order chi connectivity index (χ1) is 22.0. The second kappa shape index (κ2) is 13.1. The summed E-state index contributed by atoms with van der Waals surface area (Å²) in [7, 11) is 0. The lowest BCUT2D eigenvalue weighted by molar-refractivity contribution is -0.184. The fraction of sp³-hybridized carbons (Fsp3) is 0.771. The molecule has 1 aliphatic heterocycles. The molecule has 6 unspecified atom stereocenters. The van der Waals surface area contributed by atoms with Crippen molar-refractivity contribution in [1.29, 1.82) is 0 Å². The second-order valence-electron chi connectivity index (χ2n) is 15.4. The number of nitrogens with one attached hydrogen (secondary N) is 1. The highest BCUT2D eigenvalue weighted by molar-refractivity contribution is 5.93. The highest BCUT2D eigenvalue weighted by Crippen LogP contribution is 2.67. The van der Waals surface area contributed by atoms with E-state index in [0.29, 0.717) is 38.6 Å². The van der Waals surface area contributed by atoms with Crippen molar-refractivity contribution in [3.8, 4) is 0 Å². The van der Waals surface area contributed by atoms with E-state index in [9.17, 15) is 44.1 Å². The summed E-state index contributed by atoms with van der Waals surface area (Å²) < 4.78 is 5.24. The second-order valence-corrected chi connectivity index (χ2v) is 15.4. The predicted octanol–water partition coefficient (Wildman–Crippen LogP) is 2.33. The van der Waals surface area contributed by atoms with E-state index < -0.39 is 65.3 Å². The molecule has 47 heavy (non-hydrogen) atoms. The third-order valence-electron chi connectivity index (χ3n) is 12.5. The van der Waals surface area contributed by atoms with Crippen LogP contribution in [0, 0.1) is 34.5 Å². The van der Waals surface area contributed by atoms with E-state index in [1.807, 2.05) is 6.92 Å². The number of Topliss-reactive ketones (excluding diaryl/α,β-unsaturated/α-hetero) is 1. The summed E-state index contributed by atoms with van der Waals surface area (Å²) >= 11 is 0. The number of aliphatic hydroxyl groups excluding tert-OH is 1. The molecule has 3 saturated carbocycles. The van der Waals surface area contributed by atoms with Crippen LogP contribution < -0.4 is 5.32 Å². The van der Waals surface area contributed by atoms with Gasteiger partial charge in [0.1, 0.15) is 17.7 Å². The molecule has 0 aromatic carbocycles. The molecule has 9 atom stereocenters. The number of amides is 2. The Hall–Kier alpha value is -3.12. The van der Waals surface area contributed by atoms with Gasteiger partial charge in [-0.25, -0.2) is 4.79 Å². The van der Waals surface area contributed by atoms with E-state index in [1.54, 1.807) is 19.9 Å². The number of hydrogen-bond donors (Lipinski definition) is 4. The van der Waals surface area contributed by atoms with Gasteiger partial charge in [0.05, 0.1) is 12.5 Å². The smallest absolute Gasteiger partial charge is 0.326 e. The Kier molecular flexibility index (Phi) is 9.78. The Bertz CT molecular complexity index is 1360. The van der Waals surface area contributed by atoms with E-state index in [1.165, 1.54) is 4.90 Å². The van der Waals surface area contributed by atoms with Gasteiger partial charge in [-0.1, -0.05) is 33.3 Å². The summed E-state index contributed by atoms with van der Waals surface area (Å²) in [5.74, 6) is -3.75. The van der Waals surface area contributed by atoms with Crippen molar-refractivity contribution in [2.75, 3.05) is 13.2 Å². The molecule has 0 aromatic heterocycles. The number of allylic oxidation sites excluding steroid dienone is 1. The molecule has 4 N–H and O–H groups in total. The first-order valence-corrected chi connectivity index (χ1v) is 17.2. The highest BCUT2D eigenvalue weighted by Gasteiger charge is 2.68. The maximum Gasteiger partial charge on any atom is 0.326 e. The van der Waals surface area contributed by atoms with Crippen molar-refractivity contribution in [3.63, 3.8) is 0 Å². The SMILES string of the molecule is CC(C)C(NC(=O)CCC(=O)OCC(=O)[C@@]1(O)CCC2C3CCC4=CC(=O)CC[C@]4(C)C3C(O)C[C@@]21C)C(=O)N1CCCC1C(=O)O. The molecule has 0 radical (unpaired) electrons. The fourth-order valence-electron chi connectivity index (χ4n) is 9.93. The quantitative estimate of drug-likeness (QED) is 0.254. The first-order valence-electron chi connectivity index (χ1n) is 17.2. The number of ketones is 2. The van der Waals surface area contributed by atoms with Gasteiger partial charge >= 0.3 is 11.9 Å². The zero-order valence-electron chi connectivity index (χ0n) is 28.0. The zero-order chi connectivity index (χ0) is 34.5. The number of aliphatic hydroxyl groups is 2. The van der Waals surface area contributed by atoms with Crippen LogP contribution in [0.5, 0.6) is 0 Å². The molecule has 4 aliphatic carbocycles. The van der Waals surface area contributed by atoms with Gasteiger partial charge in [-0.05, 0) is 86.5 Å². The molecule has 0 spiro atoms. The summed E-state index contributed by atoms with van der Waals surface area (Å²) in [5.41, 5.74) is -1.88. The number of esters is 1. The molecule has 5 rings (SSSR count). The maximum atomic E-state index is 13.5. The number of fused-ring (bicyclic) bond motifs is 5. The van der Waals surface area contributed by atoms with Crippen LogP contribution >= 0.6 is 0 Å². The molecule has 1 heterocycles. The predicted molar refractivity (Wildman–Crippen MR) is 167 cm³/mol. The van der Waals surface area contributed by atoms with E-state index >= 15 is 0 Å². The van der Waals surface area contributed by atoms with Crippen LogP contribution in [0.2, 0.25) is 0 Å². The van der Waals surface area contributed by atoms with E-state index in [4.69, 9.17) is 4.74 Å². The van der Waals surface area contributed by atoms with E-state index in [0.717, 1.165) is 18.4 Å². The number of carboxylic acid groups (broad SMARTS) is 1. The van der Waals surface area contributed by atoms with Crippen molar-refractivity contribution >= 4 is 35.3 Å². The molecule has 2 amide bonds. The lowest BCUT2D eigenvalue weighted by Gasteiger charge is -2.60. The summed E-state index contributed by atoms with van der Waals surface area (Å²) in [5, 5.41) is 35.5. The third kappa shape index (κ3) is 6.16. The van der Waals surface area contributed by atoms with E-state index in [2.05, 4.69) is 12.2 Å². The van der Waals surface area contributed by atoms with Crippen molar-refractivity contribution in [1.82, 2.24) is 10.2 Å². The van der Waals surface area contributed by atoms with Crippen LogP contribution in [0.15, 0.2) is 11.6 Å². The molecule has 0 aromatic rings. The minimum Gasteiger partial charge on any atom is -0.480 e. The summed E-state index contributed by atoms with van der Waals surface area (Å²) in [6.45, 7) is 7.11. The number of hydrogen-bond acceptors (Lipinski definition) is 9. The molecule has 5 aliphatic rings. The normalized spacial score (nSPS) is 36.9. The largest absolute Gasteiger partial charge is 0.480 e. The van der Waals surface area contributed by atoms with Crippen LogP contribution in [-0.2, 0) is 33.5 Å². The highest BCUT2D eigenvalue weighted by atomic mass is 16.5. The topological polar surface area (TPSA) is 188 Å². The summed E-state index contributed by atoms with van der Waals surface area (Å²) in [4.78, 5) is 76.9. The van der Waals surface area contributed by atoms with Crippen LogP contribution in [-0.4, -0.2) is 92.5 Å². The number of rotatable bonds is 10. The number of carboxylic acids is 1.